The molecule has 0 aromatic carbocycles. The second-order valence-corrected chi connectivity index (χ2v) is 6.19. The fourth-order valence-corrected chi connectivity index (χ4v) is 4.88. The van der Waals surface area contributed by atoms with Gasteiger partial charge in [0.15, 0.2) is 0 Å². The van der Waals surface area contributed by atoms with Crippen LogP contribution < -0.4 is 0 Å². The Kier molecular flexibility index (Phi) is 1.35. The van der Waals surface area contributed by atoms with E-state index in [2.05, 4.69) is 15.9 Å². The smallest absolute Gasteiger partial charge is 0.137 e. The van der Waals surface area contributed by atoms with Gasteiger partial charge in [-0.15, -0.1) is 0 Å². The van der Waals surface area contributed by atoms with Gasteiger partial charge in [-0.05, 0) is 49.4 Å². The zero-order chi connectivity index (χ0) is 8.34. The van der Waals surface area contributed by atoms with Gasteiger partial charge >= 0.3 is 0 Å². The highest BCUT2D eigenvalue weighted by molar-refractivity contribution is 9.10. The van der Waals surface area contributed by atoms with Crippen LogP contribution in [0.2, 0.25) is 0 Å². The average Bonchev–Trinajstić information content (AvgIpc) is 2.47. The van der Waals surface area contributed by atoms with Crippen LogP contribution in [0.1, 0.15) is 25.7 Å². The Morgan fingerprint density at radius 3 is 2.75 bits per heavy atom. The van der Waals surface area contributed by atoms with Crippen LogP contribution in [-0.4, -0.2) is 10.6 Å². The van der Waals surface area contributed by atoms with E-state index in [1.165, 1.54) is 32.0 Å². The van der Waals surface area contributed by atoms with Crippen molar-refractivity contribution in [1.29, 1.82) is 0 Å². The van der Waals surface area contributed by atoms with Crippen LogP contribution in [0.3, 0.4) is 0 Å². The van der Waals surface area contributed by atoms with Gasteiger partial charge in [-0.3, -0.25) is 0 Å². The Labute approximate surface area is 81.0 Å². The molecule has 0 amide bonds. The van der Waals surface area contributed by atoms with Crippen molar-refractivity contribution in [1.82, 2.24) is 0 Å². The summed E-state index contributed by atoms with van der Waals surface area (Å²) < 4.78 is -0.106. The van der Waals surface area contributed by atoms with Crippen LogP contribution in [0.4, 0.5) is 0 Å². The molecule has 0 N–H and O–H groups in total. The SMILES string of the molecule is O=C[C@@]1(Br)C2CC3CC(C2)C1C3. The molecule has 0 spiro atoms. The van der Waals surface area contributed by atoms with Gasteiger partial charge in [0.2, 0.25) is 0 Å². The predicted molar refractivity (Wildman–Crippen MR) is 50.2 cm³/mol. The molecule has 66 valence electrons. The second kappa shape index (κ2) is 2.14. The highest BCUT2D eigenvalue weighted by Gasteiger charge is 2.61. The van der Waals surface area contributed by atoms with E-state index >= 15 is 0 Å². The molecule has 12 heavy (non-hydrogen) atoms. The monoisotopic (exact) mass is 228 g/mol. The average molecular weight is 229 g/mol. The van der Waals surface area contributed by atoms with Crippen molar-refractivity contribution in [3.63, 3.8) is 0 Å². The quantitative estimate of drug-likeness (QED) is 0.498. The van der Waals surface area contributed by atoms with Crippen molar-refractivity contribution < 1.29 is 4.79 Å². The van der Waals surface area contributed by atoms with E-state index in [0.717, 1.165) is 11.8 Å². The summed E-state index contributed by atoms with van der Waals surface area (Å²) in [6, 6.07) is 0. The summed E-state index contributed by atoms with van der Waals surface area (Å²) in [4.78, 5) is 11.1. The molecular formula is C10H13BrO. The number of carbonyl (C=O) groups is 1. The van der Waals surface area contributed by atoms with Gasteiger partial charge < -0.3 is 4.79 Å². The lowest BCUT2D eigenvalue weighted by Gasteiger charge is -2.35. The van der Waals surface area contributed by atoms with Crippen LogP contribution in [-0.2, 0) is 4.79 Å². The molecule has 0 aromatic heterocycles. The van der Waals surface area contributed by atoms with Crippen LogP contribution in [0.25, 0.3) is 0 Å². The number of rotatable bonds is 1. The molecular weight excluding hydrogens is 216 g/mol. The van der Waals surface area contributed by atoms with Gasteiger partial charge in [0, 0.05) is 0 Å². The highest BCUT2D eigenvalue weighted by Crippen LogP contribution is 2.64. The minimum atomic E-state index is -0.106. The Balaban J connectivity index is 2.04. The summed E-state index contributed by atoms with van der Waals surface area (Å²) in [7, 11) is 0. The zero-order valence-electron chi connectivity index (χ0n) is 7.00. The summed E-state index contributed by atoms with van der Waals surface area (Å²) in [6.07, 6.45) is 6.51. The molecule has 0 aromatic rings. The van der Waals surface area contributed by atoms with Crippen molar-refractivity contribution in [2.45, 2.75) is 30.0 Å². The Morgan fingerprint density at radius 2 is 2.08 bits per heavy atom. The summed E-state index contributed by atoms with van der Waals surface area (Å²) in [6.45, 7) is 0. The van der Waals surface area contributed by atoms with Gasteiger partial charge in [-0.1, -0.05) is 15.9 Å². The molecule has 0 saturated heterocycles. The Bertz CT molecular complexity index is 236. The van der Waals surface area contributed by atoms with Crippen molar-refractivity contribution in [3.8, 4) is 0 Å². The lowest BCUT2D eigenvalue weighted by atomic mass is 9.76. The minimum absolute atomic E-state index is 0.106. The summed E-state index contributed by atoms with van der Waals surface area (Å²) in [5.74, 6) is 3.18. The number of aldehydes is 1. The van der Waals surface area contributed by atoms with E-state index in [9.17, 15) is 4.79 Å². The lowest BCUT2D eigenvalue weighted by molar-refractivity contribution is -0.112. The van der Waals surface area contributed by atoms with E-state index in [-0.39, 0.29) is 4.32 Å². The molecule has 4 fully saturated rings. The minimum Gasteiger partial charge on any atom is -0.302 e. The maximum Gasteiger partial charge on any atom is 0.137 e. The third-order valence-corrected chi connectivity index (χ3v) is 5.79. The molecule has 2 heteroatoms. The zero-order valence-corrected chi connectivity index (χ0v) is 8.59. The summed E-state index contributed by atoms with van der Waals surface area (Å²) in [5.41, 5.74) is 0. The molecule has 4 aliphatic rings. The molecule has 5 atom stereocenters. The normalized spacial score (nSPS) is 61.1. The van der Waals surface area contributed by atoms with Crippen LogP contribution in [0.5, 0.6) is 0 Å². The number of alkyl halides is 1. The first kappa shape index (κ1) is 7.54. The van der Waals surface area contributed by atoms with Gasteiger partial charge in [0.05, 0.1) is 4.32 Å². The van der Waals surface area contributed by atoms with Gasteiger partial charge in [-0.2, -0.15) is 0 Å². The first-order valence-corrected chi connectivity index (χ1v) is 5.68. The third kappa shape index (κ3) is 0.688. The van der Waals surface area contributed by atoms with Crippen LogP contribution in [0.15, 0.2) is 0 Å². The summed E-state index contributed by atoms with van der Waals surface area (Å²) in [5, 5.41) is 0. The number of halogens is 1. The molecule has 4 rings (SSSR count). The molecule has 0 aliphatic heterocycles. The van der Waals surface area contributed by atoms with Gasteiger partial charge in [-0.25, -0.2) is 0 Å². The molecule has 4 bridgehead atoms. The van der Waals surface area contributed by atoms with Gasteiger partial charge in [0.1, 0.15) is 6.29 Å². The molecule has 4 unspecified atom stereocenters. The Hall–Kier alpha value is 0.150. The first-order chi connectivity index (χ1) is 5.74. The molecule has 4 aliphatic carbocycles. The maximum absolute atomic E-state index is 11.1. The van der Waals surface area contributed by atoms with E-state index in [0.29, 0.717) is 11.8 Å². The molecule has 4 saturated carbocycles. The van der Waals surface area contributed by atoms with E-state index in [4.69, 9.17) is 0 Å². The number of hydrogen-bond acceptors (Lipinski definition) is 1. The second-order valence-electron chi connectivity index (χ2n) is 4.82. The summed E-state index contributed by atoms with van der Waals surface area (Å²) >= 11 is 3.69. The number of hydrogen-bond donors (Lipinski definition) is 0. The van der Waals surface area contributed by atoms with Crippen LogP contribution in [0, 0.1) is 23.7 Å². The topological polar surface area (TPSA) is 17.1 Å². The maximum atomic E-state index is 11.1. The van der Waals surface area contributed by atoms with E-state index in [1.807, 2.05) is 0 Å². The largest absolute Gasteiger partial charge is 0.302 e. The molecule has 1 nitrogen and oxygen atoms in total. The van der Waals surface area contributed by atoms with Gasteiger partial charge in [0.25, 0.3) is 0 Å². The molecule has 0 radical (unpaired) electrons. The van der Waals surface area contributed by atoms with E-state index < -0.39 is 0 Å². The van der Waals surface area contributed by atoms with Crippen molar-refractivity contribution in [2.24, 2.45) is 23.7 Å². The Morgan fingerprint density at radius 1 is 1.25 bits per heavy atom. The fraction of sp³-hybridized carbons (Fsp3) is 0.900. The van der Waals surface area contributed by atoms with Crippen molar-refractivity contribution >= 4 is 22.2 Å². The molecule has 0 heterocycles. The highest BCUT2D eigenvalue weighted by atomic mass is 79.9. The predicted octanol–water partition coefficient (Wildman–Crippen LogP) is 2.39. The fourth-order valence-electron chi connectivity index (χ4n) is 3.95. The van der Waals surface area contributed by atoms with E-state index in [1.54, 1.807) is 0 Å². The first-order valence-electron chi connectivity index (χ1n) is 4.89. The lowest BCUT2D eigenvalue weighted by Crippen LogP contribution is -2.38. The standard InChI is InChI=1S/C10H13BrO/c11-10(5-12)8-2-6-1-7(4-8)9(10)3-6/h5-9H,1-4H2/t6?,7?,8?,9?,10-/m1/s1. The van der Waals surface area contributed by atoms with Crippen LogP contribution >= 0.6 is 15.9 Å². The van der Waals surface area contributed by atoms with Crippen molar-refractivity contribution in [2.75, 3.05) is 0 Å². The third-order valence-electron chi connectivity index (χ3n) is 4.37. The number of carbonyl (C=O) groups excluding carboxylic acids is 1. The van der Waals surface area contributed by atoms with Crippen molar-refractivity contribution in [3.05, 3.63) is 0 Å².